The summed E-state index contributed by atoms with van der Waals surface area (Å²) in [5, 5.41) is 0. The van der Waals surface area contributed by atoms with E-state index < -0.39 is 0 Å². The smallest absolute Gasteiger partial charge is 0.135 e. The average Bonchev–Trinajstić information content (AvgIpc) is 2.90. The fraction of sp³-hybridized carbons (Fsp3) is 0. The largest absolute Gasteiger partial charge is 0.457 e. The monoisotopic (exact) mass is 490 g/mol. The molecule has 0 fully saturated rings. The maximum absolute atomic E-state index is 6.36. The van der Waals surface area contributed by atoms with Crippen LogP contribution in [0.25, 0.3) is 11.1 Å². The first-order valence-corrected chi connectivity index (χ1v) is 11.6. The first-order chi connectivity index (χ1) is 17.9. The lowest BCUT2D eigenvalue weighted by Gasteiger charge is -2.16. The van der Waals surface area contributed by atoms with Crippen molar-refractivity contribution in [3.8, 4) is 45.6 Å². The molecule has 37 heavy (non-hydrogen) atoms. The van der Waals surface area contributed by atoms with E-state index in [0.29, 0.717) is 57.2 Å². The van der Waals surface area contributed by atoms with Crippen molar-refractivity contribution in [3.05, 3.63) is 109 Å². The zero-order valence-corrected chi connectivity index (χ0v) is 19.9. The summed E-state index contributed by atoms with van der Waals surface area (Å²) in [6.45, 7) is 0. The van der Waals surface area contributed by atoms with Crippen molar-refractivity contribution >= 4 is 22.7 Å². The number of benzene rings is 5. The maximum atomic E-state index is 6.36. The molecule has 8 N–H and O–H groups in total. The molecule has 0 saturated heterocycles. The molecule has 0 bridgehead atoms. The Labute approximate surface area is 214 Å². The Morgan fingerprint density at radius 1 is 0.351 bits per heavy atom. The highest BCUT2D eigenvalue weighted by Gasteiger charge is 2.13. The van der Waals surface area contributed by atoms with E-state index in [9.17, 15) is 0 Å². The molecule has 0 aliphatic carbocycles. The zero-order chi connectivity index (χ0) is 25.8. The van der Waals surface area contributed by atoms with Crippen LogP contribution in [0.4, 0.5) is 22.7 Å². The van der Waals surface area contributed by atoms with Crippen LogP contribution in [0.3, 0.4) is 0 Å². The molecule has 7 heteroatoms. The SMILES string of the molecule is Nc1ccc(Oc2ccc(Oc3ccc(N)cc3-c3cc(Oc4ccc(N)cc4)ccc3N)cc2)cc1. The molecule has 7 nitrogen and oxygen atoms in total. The van der Waals surface area contributed by atoms with E-state index in [2.05, 4.69) is 0 Å². The van der Waals surface area contributed by atoms with Gasteiger partial charge in [0.1, 0.15) is 34.5 Å². The van der Waals surface area contributed by atoms with Gasteiger partial charge < -0.3 is 37.1 Å². The van der Waals surface area contributed by atoms with Crippen molar-refractivity contribution in [2.45, 2.75) is 0 Å². The summed E-state index contributed by atoms with van der Waals surface area (Å²) in [5.41, 5.74) is 27.9. The molecule has 5 rings (SSSR count). The van der Waals surface area contributed by atoms with Crippen molar-refractivity contribution < 1.29 is 14.2 Å². The molecule has 0 spiro atoms. The lowest BCUT2D eigenvalue weighted by Crippen LogP contribution is -1.96. The Kier molecular flexibility index (Phi) is 6.42. The van der Waals surface area contributed by atoms with Crippen molar-refractivity contribution in [1.29, 1.82) is 0 Å². The topological polar surface area (TPSA) is 132 Å². The third-order valence-corrected chi connectivity index (χ3v) is 5.60. The van der Waals surface area contributed by atoms with Gasteiger partial charge in [-0.2, -0.15) is 0 Å². The molecule has 0 radical (unpaired) electrons. The number of hydrogen-bond acceptors (Lipinski definition) is 7. The predicted octanol–water partition coefficient (Wildman–Crippen LogP) is 7.06. The summed E-state index contributed by atoms with van der Waals surface area (Å²) in [4.78, 5) is 0. The normalized spacial score (nSPS) is 10.6. The standard InChI is InChI=1S/C30H26N4O3/c31-19-1-6-22(7-2-19)35-24-10-12-25(13-11-24)37-30-16-5-21(33)17-28(30)27-18-26(14-15-29(27)34)36-23-8-3-20(32)4-9-23/h1-18H,31-34H2. The Morgan fingerprint density at radius 3 is 1.35 bits per heavy atom. The number of rotatable bonds is 7. The molecule has 0 atom stereocenters. The molecular formula is C30H26N4O3. The van der Waals surface area contributed by atoms with E-state index >= 15 is 0 Å². The molecule has 0 aliphatic rings. The molecule has 5 aromatic rings. The fourth-order valence-electron chi connectivity index (χ4n) is 3.73. The minimum atomic E-state index is 0.562. The van der Waals surface area contributed by atoms with E-state index in [1.807, 2.05) is 60.7 Å². The van der Waals surface area contributed by atoms with E-state index in [1.54, 1.807) is 48.5 Å². The van der Waals surface area contributed by atoms with Crippen LogP contribution in [0, 0.1) is 0 Å². The van der Waals surface area contributed by atoms with Gasteiger partial charge in [-0.3, -0.25) is 0 Å². The van der Waals surface area contributed by atoms with Gasteiger partial charge in [-0.15, -0.1) is 0 Å². The predicted molar refractivity (Wildman–Crippen MR) is 149 cm³/mol. The minimum absolute atomic E-state index is 0.562. The Hall–Kier alpha value is -5.30. The van der Waals surface area contributed by atoms with Crippen molar-refractivity contribution in [2.24, 2.45) is 0 Å². The van der Waals surface area contributed by atoms with Gasteiger partial charge >= 0.3 is 0 Å². The first kappa shape index (κ1) is 23.4. The molecule has 0 amide bonds. The minimum Gasteiger partial charge on any atom is -0.457 e. The second kappa shape index (κ2) is 10.1. The quantitative estimate of drug-likeness (QED) is 0.180. The summed E-state index contributed by atoms with van der Waals surface area (Å²) in [6.07, 6.45) is 0. The van der Waals surface area contributed by atoms with Crippen molar-refractivity contribution in [2.75, 3.05) is 22.9 Å². The molecule has 0 saturated carbocycles. The zero-order valence-electron chi connectivity index (χ0n) is 19.9. The highest BCUT2D eigenvalue weighted by molar-refractivity contribution is 5.83. The van der Waals surface area contributed by atoms with Crippen LogP contribution in [0.15, 0.2) is 109 Å². The summed E-state index contributed by atoms with van der Waals surface area (Å²) >= 11 is 0. The number of nitrogens with two attached hydrogens (primary N) is 4. The number of hydrogen-bond donors (Lipinski definition) is 4. The number of nitrogen functional groups attached to an aromatic ring is 4. The van der Waals surface area contributed by atoms with Crippen LogP contribution in [-0.4, -0.2) is 0 Å². The third-order valence-electron chi connectivity index (χ3n) is 5.60. The van der Waals surface area contributed by atoms with Crippen LogP contribution in [0.1, 0.15) is 0 Å². The highest BCUT2D eigenvalue weighted by Crippen LogP contribution is 2.40. The van der Waals surface area contributed by atoms with Gasteiger partial charge in [0, 0.05) is 33.9 Å². The summed E-state index contributed by atoms with van der Waals surface area (Å²) in [6, 6.07) is 32.6. The third kappa shape index (κ3) is 5.68. The van der Waals surface area contributed by atoms with Gasteiger partial charge in [0.25, 0.3) is 0 Å². The Balaban J connectivity index is 1.39. The Morgan fingerprint density at radius 2 is 0.784 bits per heavy atom. The molecule has 0 unspecified atom stereocenters. The maximum Gasteiger partial charge on any atom is 0.135 e. The second-order valence-electron chi connectivity index (χ2n) is 8.42. The highest BCUT2D eigenvalue weighted by atomic mass is 16.5. The van der Waals surface area contributed by atoms with Crippen LogP contribution in [0.5, 0.6) is 34.5 Å². The van der Waals surface area contributed by atoms with Crippen molar-refractivity contribution in [1.82, 2.24) is 0 Å². The lowest BCUT2D eigenvalue weighted by molar-refractivity contribution is 0.470. The van der Waals surface area contributed by atoms with E-state index in [0.717, 1.165) is 11.1 Å². The van der Waals surface area contributed by atoms with Gasteiger partial charge in [-0.1, -0.05) is 0 Å². The molecule has 0 aromatic heterocycles. The van der Waals surface area contributed by atoms with Gasteiger partial charge in [0.15, 0.2) is 0 Å². The van der Waals surface area contributed by atoms with Crippen LogP contribution < -0.4 is 37.1 Å². The average molecular weight is 491 g/mol. The number of ether oxygens (including phenoxy) is 3. The van der Waals surface area contributed by atoms with E-state index in [1.165, 1.54) is 0 Å². The molecule has 0 heterocycles. The molecular weight excluding hydrogens is 464 g/mol. The Bertz CT molecular complexity index is 1520. The van der Waals surface area contributed by atoms with Gasteiger partial charge in [-0.25, -0.2) is 0 Å². The van der Waals surface area contributed by atoms with E-state index in [-0.39, 0.29) is 0 Å². The second-order valence-corrected chi connectivity index (χ2v) is 8.42. The van der Waals surface area contributed by atoms with Crippen LogP contribution in [0.2, 0.25) is 0 Å². The van der Waals surface area contributed by atoms with Crippen LogP contribution in [-0.2, 0) is 0 Å². The fourth-order valence-corrected chi connectivity index (χ4v) is 3.73. The van der Waals surface area contributed by atoms with Gasteiger partial charge in [0.05, 0.1) is 0 Å². The molecule has 0 aliphatic heterocycles. The van der Waals surface area contributed by atoms with Gasteiger partial charge in [0.2, 0.25) is 0 Å². The molecule has 184 valence electrons. The summed E-state index contributed by atoms with van der Waals surface area (Å²) in [7, 11) is 0. The lowest BCUT2D eigenvalue weighted by atomic mass is 10.0. The number of anilines is 4. The molecule has 5 aromatic carbocycles. The van der Waals surface area contributed by atoms with Crippen LogP contribution >= 0.6 is 0 Å². The van der Waals surface area contributed by atoms with E-state index in [4.69, 9.17) is 37.1 Å². The summed E-state index contributed by atoms with van der Waals surface area (Å²) < 4.78 is 18.1. The van der Waals surface area contributed by atoms with Crippen molar-refractivity contribution in [3.63, 3.8) is 0 Å². The summed E-state index contributed by atoms with van der Waals surface area (Å²) in [5.74, 6) is 3.87. The van der Waals surface area contributed by atoms with Gasteiger partial charge in [-0.05, 0) is 109 Å². The first-order valence-electron chi connectivity index (χ1n) is 11.6.